The number of hydrogen-bond acceptors (Lipinski definition) is 5. The topological polar surface area (TPSA) is 72.0 Å². The van der Waals surface area contributed by atoms with Crippen LogP contribution in [0.2, 0.25) is 0 Å². The molecule has 0 saturated heterocycles. The molecule has 0 atom stereocenters. The van der Waals surface area contributed by atoms with Crippen molar-refractivity contribution in [3.63, 3.8) is 0 Å². The molecule has 5 nitrogen and oxygen atoms in total. The summed E-state index contributed by atoms with van der Waals surface area (Å²) in [6, 6.07) is 1.88. The molecule has 114 valence electrons. The average Bonchev–Trinajstić information content (AvgIpc) is 2.87. The summed E-state index contributed by atoms with van der Waals surface area (Å²) in [6.45, 7) is 4.15. The summed E-state index contributed by atoms with van der Waals surface area (Å²) >= 11 is 1.48. The van der Waals surface area contributed by atoms with Gasteiger partial charge in [0.2, 0.25) is 5.82 Å². The molecule has 1 N–H and O–H groups in total. The quantitative estimate of drug-likeness (QED) is 0.629. The van der Waals surface area contributed by atoms with Gasteiger partial charge in [-0.05, 0) is 25.8 Å². The first-order chi connectivity index (χ1) is 10.2. The molecule has 2 heterocycles. The summed E-state index contributed by atoms with van der Waals surface area (Å²) in [5.41, 5.74) is -0.279. The van der Waals surface area contributed by atoms with E-state index in [-0.39, 0.29) is 18.0 Å². The van der Waals surface area contributed by atoms with Crippen LogP contribution in [0.15, 0.2) is 10.9 Å². The number of carbonyl (C=O) groups is 1. The van der Waals surface area contributed by atoms with Gasteiger partial charge in [-0.1, -0.05) is 26.2 Å². The first-order valence-electron chi connectivity index (χ1n) is 7.35. The molecule has 0 bridgehead atoms. The monoisotopic (exact) mass is 308 g/mol. The lowest BCUT2D eigenvalue weighted by Gasteiger charge is -1.99. The minimum Gasteiger partial charge on any atom is -0.460 e. The van der Waals surface area contributed by atoms with Crippen molar-refractivity contribution in [2.24, 2.45) is 0 Å². The highest BCUT2D eigenvalue weighted by Crippen LogP contribution is 2.23. The lowest BCUT2D eigenvalue weighted by atomic mass is 10.1. The molecule has 2 rings (SSSR count). The number of H-pyrrole nitrogens is 1. The van der Waals surface area contributed by atoms with Gasteiger partial charge in [0, 0.05) is 4.88 Å². The number of nitrogens with zero attached hydrogens (tertiary/aromatic N) is 1. The van der Waals surface area contributed by atoms with Crippen LogP contribution in [-0.2, 0) is 11.2 Å². The molecule has 2 aromatic heterocycles. The summed E-state index contributed by atoms with van der Waals surface area (Å²) in [5, 5.41) is 0.554. The predicted octanol–water partition coefficient (Wildman–Crippen LogP) is 3.28. The number of esters is 1. The molecule has 0 aliphatic heterocycles. The highest BCUT2D eigenvalue weighted by molar-refractivity contribution is 7.18. The van der Waals surface area contributed by atoms with Crippen molar-refractivity contribution in [2.45, 2.75) is 46.0 Å². The molecule has 21 heavy (non-hydrogen) atoms. The second kappa shape index (κ2) is 7.36. The third kappa shape index (κ3) is 3.91. The molecule has 0 amide bonds. The normalized spacial score (nSPS) is 11.0. The van der Waals surface area contributed by atoms with Gasteiger partial charge in [0.25, 0.3) is 5.56 Å². The second-order valence-corrected chi connectivity index (χ2v) is 5.99. The second-order valence-electron chi connectivity index (χ2n) is 4.88. The van der Waals surface area contributed by atoms with E-state index in [0.717, 1.165) is 17.7 Å². The number of thiophene rings is 1. The van der Waals surface area contributed by atoms with Crippen LogP contribution in [0.4, 0.5) is 0 Å². The van der Waals surface area contributed by atoms with Crippen molar-refractivity contribution in [1.29, 1.82) is 0 Å². The van der Waals surface area contributed by atoms with E-state index in [2.05, 4.69) is 16.9 Å². The van der Waals surface area contributed by atoms with E-state index >= 15 is 0 Å². The minimum absolute atomic E-state index is 0.0197. The molecule has 0 unspecified atom stereocenters. The van der Waals surface area contributed by atoms with Gasteiger partial charge in [0.1, 0.15) is 4.83 Å². The zero-order valence-corrected chi connectivity index (χ0v) is 13.2. The van der Waals surface area contributed by atoms with Gasteiger partial charge < -0.3 is 9.72 Å². The number of aryl methyl sites for hydroxylation is 1. The number of rotatable bonds is 7. The van der Waals surface area contributed by atoms with Crippen LogP contribution in [0.25, 0.3) is 10.2 Å². The van der Waals surface area contributed by atoms with Gasteiger partial charge in [0.15, 0.2) is 0 Å². The Bertz CT molecular complexity index is 675. The maximum atomic E-state index is 12.0. The van der Waals surface area contributed by atoms with Crippen molar-refractivity contribution >= 4 is 27.5 Å². The Hall–Kier alpha value is -1.69. The van der Waals surface area contributed by atoms with Crippen LogP contribution in [0.1, 0.15) is 55.0 Å². The van der Waals surface area contributed by atoms with Crippen LogP contribution >= 0.6 is 11.3 Å². The maximum absolute atomic E-state index is 12.0. The Morgan fingerprint density at radius 3 is 2.86 bits per heavy atom. The largest absolute Gasteiger partial charge is 0.460 e. The summed E-state index contributed by atoms with van der Waals surface area (Å²) in [6.07, 6.45) is 5.70. The zero-order valence-electron chi connectivity index (χ0n) is 12.4. The smallest absolute Gasteiger partial charge is 0.374 e. The number of hydrogen-bond donors (Lipinski definition) is 1. The van der Waals surface area contributed by atoms with Gasteiger partial charge >= 0.3 is 5.97 Å². The van der Waals surface area contributed by atoms with E-state index in [9.17, 15) is 9.59 Å². The molecule has 2 aromatic rings. The van der Waals surface area contributed by atoms with E-state index in [1.54, 1.807) is 6.92 Å². The summed E-state index contributed by atoms with van der Waals surface area (Å²) < 4.78 is 4.86. The minimum atomic E-state index is -0.589. The molecule has 0 spiro atoms. The molecule has 6 heteroatoms. The van der Waals surface area contributed by atoms with E-state index in [1.165, 1.54) is 30.6 Å². The summed E-state index contributed by atoms with van der Waals surface area (Å²) in [4.78, 5) is 32.1. The molecule has 0 radical (unpaired) electrons. The summed E-state index contributed by atoms with van der Waals surface area (Å²) in [5.74, 6) is -0.608. The number of aromatic nitrogens is 2. The number of fused-ring (bicyclic) bond motifs is 1. The van der Waals surface area contributed by atoms with Crippen molar-refractivity contribution in [1.82, 2.24) is 9.97 Å². The summed E-state index contributed by atoms with van der Waals surface area (Å²) in [7, 11) is 0. The van der Waals surface area contributed by atoms with Gasteiger partial charge in [-0.3, -0.25) is 4.79 Å². The van der Waals surface area contributed by atoms with Crippen molar-refractivity contribution in [3.05, 3.63) is 27.1 Å². The number of unbranched alkanes of at least 4 members (excludes halogenated alkanes) is 3. The number of aromatic amines is 1. The Labute approximate surface area is 127 Å². The first-order valence-corrected chi connectivity index (χ1v) is 8.17. The van der Waals surface area contributed by atoms with Gasteiger partial charge in [0.05, 0.1) is 12.0 Å². The van der Waals surface area contributed by atoms with Crippen LogP contribution in [0.3, 0.4) is 0 Å². The van der Waals surface area contributed by atoms with Crippen LogP contribution in [0, 0.1) is 0 Å². The number of carbonyl (C=O) groups excluding carboxylic acids is 1. The predicted molar refractivity (Wildman–Crippen MR) is 84.0 cm³/mol. The standard InChI is InChI=1S/C15H20N2O3S/c1-3-5-6-7-8-10-9-11-13(18)16-12(15(19)20-4-2)17-14(11)21-10/h9H,3-8H2,1-2H3,(H,16,17,18). The zero-order chi connectivity index (χ0) is 15.2. The van der Waals surface area contributed by atoms with Crippen molar-refractivity contribution in [2.75, 3.05) is 6.61 Å². The molecule has 0 saturated carbocycles. The molecule has 0 aliphatic rings. The van der Waals surface area contributed by atoms with E-state index in [4.69, 9.17) is 4.74 Å². The van der Waals surface area contributed by atoms with E-state index in [1.807, 2.05) is 6.07 Å². The molecular formula is C15H20N2O3S. The molecule has 0 fully saturated rings. The number of nitrogens with one attached hydrogen (secondary N) is 1. The SMILES string of the molecule is CCCCCCc1cc2c(=O)[nH]c(C(=O)OCC)nc2s1. The van der Waals surface area contributed by atoms with Crippen LogP contribution in [-0.4, -0.2) is 22.5 Å². The Morgan fingerprint density at radius 1 is 1.33 bits per heavy atom. The van der Waals surface area contributed by atoms with Gasteiger partial charge in [-0.15, -0.1) is 11.3 Å². The van der Waals surface area contributed by atoms with Crippen LogP contribution < -0.4 is 5.56 Å². The maximum Gasteiger partial charge on any atom is 0.374 e. The highest BCUT2D eigenvalue weighted by atomic mass is 32.1. The van der Waals surface area contributed by atoms with Crippen molar-refractivity contribution < 1.29 is 9.53 Å². The Morgan fingerprint density at radius 2 is 2.14 bits per heavy atom. The highest BCUT2D eigenvalue weighted by Gasteiger charge is 2.14. The fourth-order valence-electron chi connectivity index (χ4n) is 2.13. The van der Waals surface area contributed by atoms with Crippen LogP contribution in [0.5, 0.6) is 0 Å². The third-order valence-corrected chi connectivity index (χ3v) is 4.29. The lowest BCUT2D eigenvalue weighted by molar-refractivity contribution is 0.0512. The van der Waals surface area contributed by atoms with Gasteiger partial charge in [-0.2, -0.15) is 0 Å². The van der Waals surface area contributed by atoms with E-state index in [0.29, 0.717) is 10.2 Å². The van der Waals surface area contributed by atoms with Gasteiger partial charge in [-0.25, -0.2) is 9.78 Å². The van der Waals surface area contributed by atoms with E-state index < -0.39 is 5.97 Å². The molecular weight excluding hydrogens is 288 g/mol. The Balaban J connectivity index is 2.20. The average molecular weight is 308 g/mol. The lowest BCUT2D eigenvalue weighted by Crippen LogP contribution is -2.16. The van der Waals surface area contributed by atoms with Crippen molar-refractivity contribution in [3.8, 4) is 0 Å². The fourth-order valence-corrected chi connectivity index (χ4v) is 3.20. The number of ether oxygens (including phenoxy) is 1. The molecule has 0 aromatic carbocycles. The third-order valence-electron chi connectivity index (χ3n) is 3.20. The molecule has 0 aliphatic carbocycles. The first kappa shape index (κ1) is 15.7. The fraction of sp³-hybridized carbons (Fsp3) is 0.533. The Kier molecular flexibility index (Phi) is 5.50.